The highest BCUT2D eigenvalue weighted by molar-refractivity contribution is 7.89. The van der Waals surface area contributed by atoms with Gasteiger partial charge in [-0.1, -0.05) is 13.8 Å². The van der Waals surface area contributed by atoms with E-state index in [2.05, 4.69) is 18.6 Å². The number of hydrogen-bond donors (Lipinski definition) is 2. The highest BCUT2D eigenvalue weighted by Crippen LogP contribution is 2.19. The lowest BCUT2D eigenvalue weighted by molar-refractivity contribution is 0.0661. The Labute approximate surface area is 124 Å². The highest BCUT2D eigenvalue weighted by Gasteiger charge is 2.23. The minimum atomic E-state index is -3.79. The molecule has 0 saturated carbocycles. The van der Waals surface area contributed by atoms with Crippen molar-refractivity contribution in [3.05, 3.63) is 17.6 Å². The van der Waals surface area contributed by atoms with Crippen molar-refractivity contribution in [3.63, 3.8) is 0 Å². The van der Waals surface area contributed by atoms with Gasteiger partial charge in [-0.05, 0) is 19.3 Å². The Morgan fingerprint density at radius 1 is 1.43 bits per heavy atom. The predicted octanol–water partition coefficient (Wildman–Crippen LogP) is 1.63. The van der Waals surface area contributed by atoms with E-state index in [0.29, 0.717) is 12.5 Å². The van der Waals surface area contributed by atoms with Crippen LogP contribution in [0.4, 0.5) is 0 Å². The van der Waals surface area contributed by atoms with Crippen LogP contribution in [0.2, 0.25) is 0 Å². The first-order valence-corrected chi connectivity index (χ1v) is 8.13. The molecule has 0 aromatic carbocycles. The van der Waals surface area contributed by atoms with Crippen LogP contribution in [0, 0.1) is 12.8 Å². The van der Waals surface area contributed by atoms with Crippen molar-refractivity contribution in [3.8, 4) is 0 Å². The van der Waals surface area contributed by atoms with Crippen LogP contribution in [-0.2, 0) is 14.8 Å². The second-order valence-electron chi connectivity index (χ2n) is 5.03. The van der Waals surface area contributed by atoms with E-state index in [0.717, 1.165) is 12.5 Å². The maximum atomic E-state index is 12.0. The maximum absolute atomic E-state index is 12.0. The summed E-state index contributed by atoms with van der Waals surface area (Å²) in [6, 6.07) is 1.000. The number of carbonyl (C=O) groups is 1. The topological polar surface area (TPSA) is 106 Å². The third kappa shape index (κ3) is 5.49. The molecule has 0 unspecified atom stereocenters. The smallest absolute Gasteiger partial charge is 0.371 e. The summed E-state index contributed by atoms with van der Waals surface area (Å²) in [5.74, 6) is -1.14. The van der Waals surface area contributed by atoms with E-state index < -0.39 is 21.8 Å². The number of furan rings is 1. The number of carboxylic acid groups (broad SMARTS) is 1. The fourth-order valence-electron chi connectivity index (χ4n) is 1.58. The Balaban J connectivity index is 2.52. The Kier molecular flexibility index (Phi) is 6.38. The highest BCUT2D eigenvalue weighted by atomic mass is 32.2. The molecule has 0 radical (unpaired) electrons. The van der Waals surface area contributed by atoms with E-state index in [-0.39, 0.29) is 23.8 Å². The molecule has 1 aromatic rings. The van der Waals surface area contributed by atoms with Crippen LogP contribution < -0.4 is 4.72 Å². The molecule has 7 nitrogen and oxygen atoms in total. The van der Waals surface area contributed by atoms with Crippen LogP contribution in [0.25, 0.3) is 0 Å². The molecule has 1 aromatic heterocycles. The minimum absolute atomic E-state index is 0.0422. The van der Waals surface area contributed by atoms with Crippen LogP contribution in [0.15, 0.2) is 15.4 Å². The first-order chi connectivity index (χ1) is 9.74. The second-order valence-corrected chi connectivity index (χ2v) is 6.76. The molecule has 8 heteroatoms. The largest absolute Gasteiger partial charge is 0.475 e. The zero-order valence-electron chi connectivity index (χ0n) is 12.4. The number of nitrogens with one attached hydrogen (secondary N) is 1. The zero-order chi connectivity index (χ0) is 16.0. The lowest BCUT2D eigenvalue weighted by Crippen LogP contribution is -2.27. The third-order valence-electron chi connectivity index (χ3n) is 2.75. The zero-order valence-corrected chi connectivity index (χ0v) is 13.2. The standard InChI is InChI=1S/C13H21NO6S/c1-9(2)4-6-19-7-5-14-21(17,18)12-8-11(13(15)16)20-10(12)3/h8-9,14H,4-7H2,1-3H3,(H,15,16). The molecule has 0 bridgehead atoms. The monoisotopic (exact) mass is 319 g/mol. The molecule has 1 rings (SSSR count). The molecule has 120 valence electrons. The molecule has 0 aliphatic heterocycles. The molecule has 0 amide bonds. The number of rotatable bonds is 9. The lowest BCUT2D eigenvalue weighted by Gasteiger charge is -2.08. The molecule has 0 aliphatic carbocycles. The van der Waals surface area contributed by atoms with Crippen molar-refractivity contribution in [2.45, 2.75) is 32.1 Å². The van der Waals surface area contributed by atoms with Gasteiger partial charge < -0.3 is 14.3 Å². The Morgan fingerprint density at radius 2 is 2.10 bits per heavy atom. The average Bonchev–Trinajstić information content (AvgIpc) is 2.76. The summed E-state index contributed by atoms with van der Waals surface area (Å²) in [5, 5.41) is 8.78. The van der Waals surface area contributed by atoms with Crippen LogP contribution in [0.5, 0.6) is 0 Å². The SMILES string of the molecule is Cc1oc(C(=O)O)cc1S(=O)(=O)NCCOCCC(C)C. The van der Waals surface area contributed by atoms with Crippen molar-refractivity contribution < 1.29 is 27.5 Å². The van der Waals surface area contributed by atoms with E-state index in [1.165, 1.54) is 6.92 Å². The number of carboxylic acids is 1. The quantitative estimate of drug-likeness (QED) is 0.670. The van der Waals surface area contributed by atoms with E-state index >= 15 is 0 Å². The normalized spacial score (nSPS) is 12.0. The van der Waals surface area contributed by atoms with Gasteiger partial charge >= 0.3 is 5.97 Å². The molecular formula is C13H21NO6S. The van der Waals surface area contributed by atoms with Crippen molar-refractivity contribution in [1.82, 2.24) is 4.72 Å². The number of sulfonamides is 1. The van der Waals surface area contributed by atoms with Crippen LogP contribution in [0.1, 0.15) is 36.6 Å². The molecule has 0 fully saturated rings. The van der Waals surface area contributed by atoms with Gasteiger partial charge in [-0.15, -0.1) is 0 Å². The summed E-state index contributed by atoms with van der Waals surface area (Å²) in [6.45, 7) is 6.51. The molecule has 0 atom stereocenters. The Morgan fingerprint density at radius 3 is 2.62 bits per heavy atom. The molecular weight excluding hydrogens is 298 g/mol. The number of aromatic carboxylic acids is 1. The van der Waals surface area contributed by atoms with Gasteiger partial charge in [0, 0.05) is 19.2 Å². The van der Waals surface area contributed by atoms with Crippen LogP contribution in [0.3, 0.4) is 0 Å². The van der Waals surface area contributed by atoms with Gasteiger partial charge in [0.1, 0.15) is 10.7 Å². The number of aryl methyl sites for hydroxylation is 1. The van der Waals surface area contributed by atoms with Gasteiger partial charge in [-0.3, -0.25) is 0 Å². The summed E-state index contributed by atoms with van der Waals surface area (Å²) >= 11 is 0. The van der Waals surface area contributed by atoms with E-state index in [1.807, 2.05) is 0 Å². The summed E-state index contributed by atoms with van der Waals surface area (Å²) in [5.41, 5.74) is 0. The Bertz CT molecular complexity index is 575. The van der Waals surface area contributed by atoms with Gasteiger partial charge in [-0.25, -0.2) is 17.9 Å². The average molecular weight is 319 g/mol. The van der Waals surface area contributed by atoms with Gasteiger partial charge in [0.15, 0.2) is 0 Å². The van der Waals surface area contributed by atoms with Crippen molar-refractivity contribution >= 4 is 16.0 Å². The summed E-state index contributed by atoms with van der Waals surface area (Å²) in [7, 11) is -3.79. The van der Waals surface area contributed by atoms with E-state index in [9.17, 15) is 13.2 Å². The fourth-order valence-corrected chi connectivity index (χ4v) is 2.77. The summed E-state index contributed by atoms with van der Waals surface area (Å²) < 4.78 is 36.6. The van der Waals surface area contributed by atoms with Gasteiger partial charge in [0.2, 0.25) is 15.8 Å². The van der Waals surface area contributed by atoms with E-state index in [4.69, 9.17) is 14.3 Å². The molecule has 0 saturated heterocycles. The number of hydrogen-bond acceptors (Lipinski definition) is 5. The second kappa shape index (κ2) is 7.58. The first-order valence-electron chi connectivity index (χ1n) is 6.65. The summed E-state index contributed by atoms with van der Waals surface area (Å²) in [6.07, 6.45) is 0.912. The molecule has 21 heavy (non-hydrogen) atoms. The fraction of sp³-hybridized carbons (Fsp3) is 0.615. The third-order valence-corrected chi connectivity index (χ3v) is 4.32. The van der Waals surface area contributed by atoms with Gasteiger partial charge in [0.25, 0.3) is 0 Å². The van der Waals surface area contributed by atoms with Crippen molar-refractivity contribution in [2.75, 3.05) is 19.8 Å². The van der Waals surface area contributed by atoms with E-state index in [1.54, 1.807) is 0 Å². The van der Waals surface area contributed by atoms with Crippen LogP contribution in [-0.4, -0.2) is 39.3 Å². The first kappa shape index (κ1) is 17.7. The van der Waals surface area contributed by atoms with Crippen molar-refractivity contribution in [1.29, 1.82) is 0 Å². The lowest BCUT2D eigenvalue weighted by atomic mass is 10.1. The molecule has 0 spiro atoms. The molecule has 2 N–H and O–H groups in total. The molecule has 0 aliphatic rings. The van der Waals surface area contributed by atoms with Gasteiger partial charge in [0.05, 0.1) is 6.61 Å². The Hall–Kier alpha value is -1.38. The van der Waals surface area contributed by atoms with Crippen molar-refractivity contribution in [2.24, 2.45) is 5.92 Å². The maximum Gasteiger partial charge on any atom is 0.371 e. The van der Waals surface area contributed by atoms with Crippen LogP contribution >= 0.6 is 0 Å². The summed E-state index contributed by atoms with van der Waals surface area (Å²) in [4.78, 5) is 10.6. The van der Waals surface area contributed by atoms with Gasteiger partial charge in [-0.2, -0.15) is 0 Å². The molecule has 1 heterocycles. The minimum Gasteiger partial charge on any atom is -0.475 e. The number of ether oxygens (including phenoxy) is 1. The predicted molar refractivity (Wildman–Crippen MR) is 75.9 cm³/mol.